The lowest BCUT2D eigenvalue weighted by Gasteiger charge is -2.23. The average molecular weight is 414 g/mol. The van der Waals surface area contributed by atoms with Crippen LogP contribution >= 0.6 is 0 Å². The molecule has 0 rings (SSSR count). The van der Waals surface area contributed by atoms with Crippen molar-refractivity contribution in [1.29, 1.82) is 0 Å². The van der Waals surface area contributed by atoms with Gasteiger partial charge in [0.2, 0.25) is 23.6 Å². The molecule has 0 saturated heterocycles. The van der Waals surface area contributed by atoms with Gasteiger partial charge in [-0.25, -0.2) is 0 Å². The first-order chi connectivity index (χ1) is 13.5. The van der Waals surface area contributed by atoms with Gasteiger partial charge in [-0.1, -0.05) is 13.8 Å². The van der Waals surface area contributed by atoms with Crippen LogP contribution in [0.1, 0.15) is 54.4 Å². The predicted molar refractivity (Wildman–Crippen MR) is 109 cm³/mol. The van der Waals surface area contributed by atoms with Gasteiger partial charge in [0.25, 0.3) is 0 Å². The highest BCUT2D eigenvalue weighted by molar-refractivity contribution is 5.95. The number of ketones is 1. The zero-order chi connectivity index (χ0) is 22.7. The summed E-state index contributed by atoms with van der Waals surface area (Å²) in [6.45, 7) is 9.54. The smallest absolute Gasteiger partial charge is 0.243 e. The number of amides is 4. The van der Waals surface area contributed by atoms with Crippen LogP contribution in [0.15, 0.2) is 0 Å². The summed E-state index contributed by atoms with van der Waals surface area (Å²) in [5.41, 5.74) is 0. The molecule has 5 atom stereocenters. The molecular weight excluding hydrogens is 378 g/mol. The highest BCUT2D eigenvalue weighted by atomic mass is 16.2. The SMILES string of the molecule is CCC(NC(=O)C(C)NC(=O)C(CC)NC(=O)C(C)NC)C(=O)NC(C)C(C)=O. The maximum Gasteiger partial charge on any atom is 0.243 e. The first-order valence-electron chi connectivity index (χ1n) is 9.87. The van der Waals surface area contributed by atoms with Gasteiger partial charge in [-0.15, -0.1) is 0 Å². The first kappa shape index (κ1) is 26.5. The molecule has 0 saturated carbocycles. The standard InChI is InChI=1S/C19H35N5O5/c1-8-14(18(28)21-10(3)13(6)25)24-17(27)12(5)22-19(29)15(9-2)23-16(26)11(4)20-7/h10-12,14-15,20H,8-9H2,1-7H3,(H,21,28)(H,22,29)(H,23,26)(H,24,27). The number of carbonyl (C=O) groups excluding carboxylic acids is 5. The van der Waals surface area contributed by atoms with Gasteiger partial charge in [-0.2, -0.15) is 0 Å². The molecule has 10 nitrogen and oxygen atoms in total. The fourth-order valence-corrected chi connectivity index (χ4v) is 2.23. The molecule has 0 aromatic carbocycles. The Morgan fingerprint density at radius 3 is 1.34 bits per heavy atom. The minimum Gasteiger partial charge on any atom is -0.345 e. The molecule has 0 aromatic heterocycles. The van der Waals surface area contributed by atoms with Crippen molar-refractivity contribution < 1.29 is 24.0 Å². The van der Waals surface area contributed by atoms with Crippen molar-refractivity contribution in [3.8, 4) is 0 Å². The summed E-state index contributed by atoms with van der Waals surface area (Å²) >= 11 is 0. The Bertz CT molecular complexity index is 610. The summed E-state index contributed by atoms with van der Waals surface area (Å²) < 4.78 is 0. The lowest BCUT2D eigenvalue weighted by atomic mass is 10.1. The van der Waals surface area contributed by atoms with Crippen LogP contribution in [0.2, 0.25) is 0 Å². The second kappa shape index (κ2) is 12.9. The van der Waals surface area contributed by atoms with Crippen molar-refractivity contribution in [2.45, 2.75) is 84.6 Å². The van der Waals surface area contributed by atoms with Crippen LogP contribution in [-0.2, 0) is 24.0 Å². The van der Waals surface area contributed by atoms with E-state index in [0.29, 0.717) is 12.8 Å². The van der Waals surface area contributed by atoms with Crippen LogP contribution in [0, 0.1) is 0 Å². The number of Topliss-reactive ketones (excluding diaryl/α,β-unsaturated/α-hetero) is 1. The van der Waals surface area contributed by atoms with Crippen molar-refractivity contribution in [2.24, 2.45) is 0 Å². The molecule has 0 bridgehead atoms. The number of nitrogens with one attached hydrogen (secondary N) is 5. The van der Waals surface area contributed by atoms with E-state index in [4.69, 9.17) is 0 Å². The van der Waals surface area contributed by atoms with Crippen LogP contribution in [0.4, 0.5) is 0 Å². The molecule has 4 amide bonds. The van der Waals surface area contributed by atoms with E-state index in [9.17, 15) is 24.0 Å². The van der Waals surface area contributed by atoms with Crippen molar-refractivity contribution in [3.63, 3.8) is 0 Å². The van der Waals surface area contributed by atoms with Gasteiger partial charge >= 0.3 is 0 Å². The Kier molecular flexibility index (Phi) is 11.8. The minimum absolute atomic E-state index is 0.194. The molecule has 166 valence electrons. The summed E-state index contributed by atoms with van der Waals surface area (Å²) in [4.78, 5) is 60.3. The average Bonchev–Trinajstić information content (AvgIpc) is 2.68. The summed E-state index contributed by atoms with van der Waals surface area (Å²) in [6.07, 6.45) is 0.670. The van der Waals surface area contributed by atoms with Crippen molar-refractivity contribution in [1.82, 2.24) is 26.6 Å². The minimum atomic E-state index is -0.915. The van der Waals surface area contributed by atoms with Crippen LogP contribution < -0.4 is 26.6 Å². The van der Waals surface area contributed by atoms with Crippen LogP contribution in [0.5, 0.6) is 0 Å². The van der Waals surface area contributed by atoms with Gasteiger partial charge in [0.15, 0.2) is 5.78 Å². The van der Waals surface area contributed by atoms with E-state index in [2.05, 4.69) is 26.6 Å². The van der Waals surface area contributed by atoms with Gasteiger partial charge in [0.05, 0.1) is 12.1 Å². The topological polar surface area (TPSA) is 146 Å². The Morgan fingerprint density at radius 2 is 1.00 bits per heavy atom. The Balaban J connectivity index is 4.84. The molecule has 0 aliphatic carbocycles. The zero-order valence-electron chi connectivity index (χ0n) is 18.3. The van der Waals surface area contributed by atoms with E-state index in [1.54, 1.807) is 34.7 Å². The third-order valence-corrected chi connectivity index (χ3v) is 4.63. The fourth-order valence-electron chi connectivity index (χ4n) is 2.23. The third-order valence-electron chi connectivity index (χ3n) is 4.63. The molecule has 0 aliphatic heterocycles. The number of likely N-dealkylation sites (N-methyl/N-ethyl adjacent to an activating group) is 1. The van der Waals surface area contributed by atoms with Gasteiger partial charge in [0, 0.05) is 0 Å². The lowest BCUT2D eigenvalue weighted by molar-refractivity contribution is -0.134. The molecule has 29 heavy (non-hydrogen) atoms. The largest absolute Gasteiger partial charge is 0.345 e. The van der Waals surface area contributed by atoms with Gasteiger partial charge in [0.1, 0.15) is 18.1 Å². The highest BCUT2D eigenvalue weighted by Crippen LogP contribution is 1.98. The Hall–Kier alpha value is -2.49. The quantitative estimate of drug-likeness (QED) is 0.277. The van der Waals surface area contributed by atoms with Gasteiger partial charge in [-0.05, 0) is 47.6 Å². The predicted octanol–water partition coefficient (Wildman–Crippen LogP) is -1.02. The third kappa shape index (κ3) is 9.03. The molecule has 0 aromatic rings. The summed E-state index contributed by atoms with van der Waals surface area (Å²) in [6, 6.07) is -3.64. The Labute approximate surface area is 172 Å². The van der Waals surface area contributed by atoms with Gasteiger partial charge < -0.3 is 26.6 Å². The Morgan fingerprint density at radius 1 is 0.621 bits per heavy atom. The van der Waals surface area contributed by atoms with E-state index in [1.165, 1.54) is 13.8 Å². The van der Waals surface area contributed by atoms with Crippen LogP contribution in [0.3, 0.4) is 0 Å². The van der Waals surface area contributed by atoms with Crippen LogP contribution in [-0.4, -0.2) is 66.7 Å². The summed E-state index contributed by atoms with van der Waals surface area (Å²) in [5.74, 6) is -2.02. The highest BCUT2D eigenvalue weighted by Gasteiger charge is 2.27. The van der Waals surface area contributed by atoms with Gasteiger partial charge in [-0.3, -0.25) is 24.0 Å². The molecule has 5 N–H and O–H groups in total. The number of rotatable bonds is 12. The summed E-state index contributed by atoms with van der Waals surface area (Å²) in [5, 5.41) is 13.1. The van der Waals surface area contributed by atoms with E-state index in [0.717, 1.165) is 0 Å². The second-order valence-electron chi connectivity index (χ2n) is 7.02. The molecule has 0 heterocycles. The fraction of sp³-hybridized carbons (Fsp3) is 0.737. The number of hydrogen-bond acceptors (Lipinski definition) is 6. The van der Waals surface area contributed by atoms with Crippen molar-refractivity contribution in [2.75, 3.05) is 7.05 Å². The number of carbonyl (C=O) groups is 5. The molecule has 0 spiro atoms. The molecular formula is C19H35N5O5. The zero-order valence-corrected chi connectivity index (χ0v) is 18.3. The molecule has 0 radical (unpaired) electrons. The molecule has 5 unspecified atom stereocenters. The van der Waals surface area contributed by atoms with Crippen LogP contribution in [0.25, 0.3) is 0 Å². The van der Waals surface area contributed by atoms with E-state index < -0.39 is 47.9 Å². The van der Waals surface area contributed by atoms with Crippen molar-refractivity contribution in [3.05, 3.63) is 0 Å². The summed E-state index contributed by atoms with van der Waals surface area (Å²) in [7, 11) is 1.63. The molecule has 0 aliphatic rings. The molecule has 0 fully saturated rings. The second-order valence-corrected chi connectivity index (χ2v) is 7.02. The maximum absolute atomic E-state index is 12.4. The van der Waals surface area contributed by atoms with E-state index in [-0.39, 0.29) is 11.7 Å². The number of hydrogen-bond donors (Lipinski definition) is 5. The normalized spacial score (nSPS) is 15.8. The first-order valence-corrected chi connectivity index (χ1v) is 9.87. The maximum atomic E-state index is 12.4. The van der Waals surface area contributed by atoms with E-state index in [1.807, 2.05) is 0 Å². The lowest BCUT2D eigenvalue weighted by Crippen LogP contribution is -2.57. The van der Waals surface area contributed by atoms with E-state index >= 15 is 0 Å². The monoisotopic (exact) mass is 413 g/mol. The molecule has 10 heteroatoms. The van der Waals surface area contributed by atoms with Crippen molar-refractivity contribution >= 4 is 29.4 Å².